The number of hydrogen-bond donors (Lipinski definition) is 2. The topological polar surface area (TPSA) is 97.4 Å². The lowest BCUT2D eigenvalue weighted by Gasteiger charge is -2.13. The number of anilines is 2. The minimum atomic E-state index is -0.942. The summed E-state index contributed by atoms with van der Waals surface area (Å²) in [7, 11) is 1.69. The van der Waals surface area contributed by atoms with Crippen LogP contribution in [0.15, 0.2) is 24.3 Å². The summed E-state index contributed by atoms with van der Waals surface area (Å²) in [5.74, 6) is -1.11. The summed E-state index contributed by atoms with van der Waals surface area (Å²) < 4.78 is 9.41. The Hall–Kier alpha value is -2.74. The molecule has 0 fully saturated rings. The Labute approximate surface area is 149 Å². The van der Waals surface area contributed by atoms with Crippen LogP contribution in [0.2, 0.25) is 0 Å². The highest BCUT2D eigenvalue weighted by molar-refractivity contribution is 7.10. The highest BCUT2D eigenvalue weighted by Gasteiger charge is 2.25. The van der Waals surface area contributed by atoms with Crippen LogP contribution in [-0.4, -0.2) is 35.2 Å². The van der Waals surface area contributed by atoms with Crippen molar-refractivity contribution < 1.29 is 19.1 Å². The molecule has 2 aromatic rings. The van der Waals surface area contributed by atoms with Crippen molar-refractivity contribution in [2.75, 3.05) is 17.7 Å². The smallest absolute Gasteiger partial charge is 0.343 e. The lowest BCUT2D eigenvalue weighted by molar-refractivity contribution is -0.114. The van der Waals surface area contributed by atoms with Crippen LogP contribution in [0.3, 0.4) is 0 Å². The van der Waals surface area contributed by atoms with E-state index in [2.05, 4.69) is 15.0 Å². The Morgan fingerprint density at radius 1 is 1.20 bits per heavy atom. The number of carbonyl (C=O) groups excluding carboxylic acids is 3. The SMILES string of the molecule is CNc1snc(C)c1C(=O)O[C@H](C)C(=O)c1ccc(NC(C)=O)cc1. The first-order valence-corrected chi connectivity index (χ1v) is 8.37. The molecule has 0 spiro atoms. The molecule has 8 heteroatoms. The summed E-state index contributed by atoms with van der Waals surface area (Å²) >= 11 is 1.16. The van der Waals surface area contributed by atoms with Gasteiger partial charge in [0.05, 0.1) is 5.69 Å². The summed E-state index contributed by atoms with van der Waals surface area (Å²) in [6, 6.07) is 6.40. The second kappa shape index (κ2) is 7.89. The van der Waals surface area contributed by atoms with Gasteiger partial charge in [0.2, 0.25) is 11.7 Å². The molecule has 2 N–H and O–H groups in total. The predicted molar refractivity (Wildman–Crippen MR) is 96.4 cm³/mol. The predicted octanol–water partition coefficient (Wildman–Crippen LogP) is 2.88. The number of rotatable bonds is 6. The van der Waals surface area contributed by atoms with E-state index >= 15 is 0 Å². The van der Waals surface area contributed by atoms with Crippen LogP contribution in [0.25, 0.3) is 0 Å². The molecule has 25 heavy (non-hydrogen) atoms. The average molecular weight is 361 g/mol. The first-order valence-electron chi connectivity index (χ1n) is 7.60. The molecule has 1 aromatic carbocycles. The largest absolute Gasteiger partial charge is 0.451 e. The molecule has 7 nitrogen and oxygen atoms in total. The maximum atomic E-state index is 12.4. The average Bonchev–Trinajstić information content (AvgIpc) is 2.95. The third kappa shape index (κ3) is 4.42. The molecule has 0 aliphatic rings. The van der Waals surface area contributed by atoms with E-state index in [1.165, 1.54) is 13.8 Å². The van der Waals surface area contributed by atoms with E-state index in [4.69, 9.17) is 4.74 Å². The van der Waals surface area contributed by atoms with Crippen molar-refractivity contribution in [1.82, 2.24) is 4.37 Å². The van der Waals surface area contributed by atoms with Crippen molar-refractivity contribution in [2.24, 2.45) is 0 Å². The molecule has 0 unspecified atom stereocenters. The molecule has 0 bridgehead atoms. The molecule has 0 radical (unpaired) electrons. The van der Waals surface area contributed by atoms with Gasteiger partial charge in [-0.15, -0.1) is 0 Å². The molecular weight excluding hydrogens is 342 g/mol. The zero-order chi connectivity index (χ0) is 18.6. The number of nitrogens with zero attached hydrogens (tertiary/aromatic N) is 1. The van der Waals surface area contributed by atoms with Gasteiger partial charge in [0.1, 0.15) is 10.6 Å². The van der Waals surface area contributed by atoms with Crippen LogP contribution in [0.5, 0.6) is 0 Å². The van der Waals surface area contributed by atoms with Crippen molar-refractivity contribution >= 4 is 39.9 Å². The van der Waals surface area contributed by atoms with E-state index in [-0.39, 0.29) is 11.7 Å². The molecule has 132 valence electrons. The van der Waals surface area contributed by atoms with Crippen molar-refractivity contribution in [2.45, 2.75) is 26.9 Å². The van der Waals surface area contributed by atoms with Crippen LogP contribution in [-0.2, 0) is 9.53 Å². The van der Waals surface area contributed by atoms with Crippen LogP contribution < -0.4 is 10.6 Å². The molecular formula is C17H19N3O4S. The van der Waals surface area contributed by atoms with Crippen LogP contribution in [0, 0.1) is 6.92 Å². The van der Waals surface area contributed by atoms with Gasteiger partial charge in [0.25, 0.3) is 0 Å². The molecule has 0 aliphatic heterocycles. The fourth-order valence-corrected chi connectivity index (χ4v) is 2.94. The van der Waals surface area contributed by atoms with E-state index < -0.39 is 12.1 Å². The standard InChI is InChI=1S/C17H19N3O4S/c1-9-14(16(18-4)25-20-9)17(23)24-10(2)15(22)12-5-7-13(8-6-12)19-11(3)21/h5-8,10,18H,1-4H3,(H,19,21)/t10-/m1/s1. The van der Waals surface area contributed by atoms with E-state index in [0.717, 1.165) is 11.5 Å². The molecule has 0 saturated heterocycles. The summed E-state index contributed by atoms with van der Waals surface area (Å²) in [5, 5.41) is 6.11. The Bertz CT molecular complexity index is 799. The molecule has 2 rings (SSSR count). The molecule has 1 amide bonds. The molecule has 1 heterocycles. The van der Waals surface area contributed by atoms with Crippen molar-refractivity contribution in [3.8, 4) is 0 Å². The third-order valence-corrected chi connectivity index (χ3v) is 4.39. The molecule has 0 saturated carbocycles. The Morgan fingerprint density at radius 2 is 1.84 bits per heavy atom. The summed E-state index contributed by atoms with van der Waals surface area (Å²) in [6.07, 6.45) is -0.942. The number of ketones is 1. The highest BCUT2D eigenvalue weighted by Crippen LogP contribution is 2.25. The summed E-state index contributed by atoms with van der Waals surface area (Å²) in [6.45, 7) is 4.64. The van der Waals surface area contributed by atoms with Gasteiger partial charge in [-0.2, -0.15) is 4.37 Å². The number of ether oxygens (including phenoxy) is 1. The number of nitrogens with one attached hydrogen (secondary N) is 2. The van der Waals surface area contributed by atoms with Crippen LogP contribution >= 0.6 is 11.5 Å². The zero-order valence-corrected chi connectivity index (χ0v) is 15.2. The molecule has 0 aliphatic carbocycles. The summed E-state index contributed by atoms with van der Waals surface area (Å²) in [4.78, 5) is 35.8. The fraction of sp³-hybridized carbons (Fsp3) is 0.294. The quantitative estimate of drug-likeness (QED) is 0.606. The van der Waals surface area contributed by atoms with E-state index in [9.17, 15) is 14.4 Å². The normalized spacial score (nSPS) is 11.5. The van der Waals surface area contributed by atoms with Gasteiger partial charge in [-0.25, -0.2) is 4.79 Å². The van der Waals surface area contributed by atoms with Crippen molar-refractivity contribution in [1.29, 1.82) is 0 Å². The molecule has 1 aromatic heterocycles. The van der Waals surface area contributed by atoms with E-state index in [0.29, 0.717) is 27.5 Å². The maximum absolute atomic E-state index is 12.4. The minimum Gasteiger partial charge on any atom is -0.451 e. The van der Waals surface area contributed by atoms with Gasteiger partial charge < -0.3 is 15.4 Å². The summed E-state index contributed by atoms with van der Waals surface area (Å²) in [5.41, 5.74) is 1.88. The first kappa shape index (κ1) is 18.6. The number of hydrogen-bond acceptors (Lipinski definition) is 7. The van der Waals surface area contributed by atoms with Gasteiger partial charge in [-0.05, 0) is 49.6 Å². The number of carbonyl (C=O) groups is 3. The fourth-order valence-electron chi connectivity index (χ4n) is 2.21. The van der Waals surface area contributed by atoms with Gasteiger partial charge in [0.15, 0.2) is 6.10 Å². The zero-order valence-electron chi connectivity index (χ0n) is 14.4. The van der Waals surface area contributed by atoms with Gasteiger partial charge in [0, 0.05) is 25.2 Å². The Balaban J connectivity index is 2.08. The minimum absolute atomic E-state index is 0.193. The second-order valence-electron chi connectivity index (χ2n) is 5.39. The maximum Gasteiger partial charge on any atom is 0.343 e. The number of esters is 1. The van der Waals surface area contributed by atoms with Crippen LogP contribution in [0.1, 0.15) is 40.3 Å². The monoisotopic (exact) mass is 361 g/mol. The number of benzene rings is 1. The number of aryl methyl sites for hydroxylation is 1. The highest BCUT2D eigenvalue weighted by atomic mass is 32.1. The third-order valence-electron chi connectivity index (χ3n) is 3.44. The van der Waals surface area contributed by atoms with Crippen molar-refractivity contribution in [3.05, 3.63) is 41.1 Å². The Kier molecular flexibility index (Phi) is 5.87. The molecule has 1 atom stereocenters. The number of Topliss-reactive ketones (excluding diaryl/α,β-unsaturated/α-hetero) is 1. The first-order chi connectivity index (χ1) is 11.8. The second-order valence-corrected chi connectivity index (χ2v) is 6.17. The van der Waals surface area contributed by atoms with E-state index in [1.807, 2.05) is 0 Å². The number of amides is 1. The van der Waals surface area contributed by atoms with Gasteiger partial charge in [-0.1, -0.05) is 0 Å². The lowest BCUT2D eigenvalue weighted by atomic mass is 10.1. The Morgan fingerprint density at radius 3 is 2.40 bits per heavy atom. The van der Waals surface area contributed by atoms with E-state index in [1.54, 1.807) is 38.2 Å². The van der Waals surface area contributed by atoms with Crippen molar-refractivity contribution in [3.63, 3.8) is 0 Å². The van der Waals surface area contributed by atoms with Gasteiger partial charge >= 0.3 is 5.97 Å². The van der Waals surface area contributed by atoms with Crippen LogP contribution in [0.4, 0.5) is 10.7 Å². The lowest BCUT2D eigenvalue weighted by Crippen LogP contribution is -2.25. The van der Waals surface area contributed by atoms with Gasteiger partial charge in [-0.3, -0.25) is 9.59 Å². The number of aromatic nitrogens is 1.